The van der Waals surface area contributed by atoms with Gasteiger partial charge in [0.2, 0.25) is 11.7 Å². The molecule has 0 saturated carbocycles. The van der Waals surface area contributed by atoms with E-state index in [0.29, 0.717) is 30.5 Å². The van der Waals surface area contributed by atoms with Crippen LogP contribution in [0.1, 0.15) is 15.9 Å². The van der Waals surface area contributed by atoms with Crippen molar-refractivity contribution in [3.8, 4) is 17.2 Å². The quantitative estimate of drug-likeness (QED) is 0.203. The number of methoxy groups -OCH3 is 3. The Morgan fingerprint density at radius 1 is 1.00 bits per heavy atom. The molecule has 9 heteroatoms. The fraction of sp³-hybridized carbons (Fsp3) is 0.250. The molecule has 0 aliphatic rings. The summed E-state index contributed by atoms with van der Waals surface area (Å²) in [6.45, 7) is 0.858. The number of nitrogens with one attached hydrogen (secondary N) is 1. The first-order chi connectivity index (χ1) is 16.0. The van der Waals surface area contributed by atoms with Gasteiger partial charge in [-0.3, -0.25) is 4.79 Å². The second-order valence-corrected chi connectivity index (χ2v) is 6.48. The first-order valence-electron chi connectivity index (χ1n) is 9.93. The van der Waals surface area contributed by atoms with Crippen LogP contribution in [0.2, 0.25) is 0 Å². The zero-order valence-corrected chi connectivity index (χ0v) is 18.7. The highest BCUT2D eigenvalue weighted by Gasteiger charge is 2.14. The van der Waals surface area contributed by atoms with Crippen molar-refractivity contribution in [2.45, 2.75) is 0 Å². The van der Waals surface area contributed by atoms with Crippen molar-refractivity contribution in [3.05, 3.63) is 65.8 Å². The molecule has 0 heterocycles. The lowest BCUT2D eigenvalue weighted by molar-refractivity contribution is -0.111. The van der Waals surface area contributed by atoms with Crippen LogP contribution >= 0.6 is 0 Å². The van der Waals surface area contributed by atoms with Crippen molar-refractivity contribution in [1.29, 1.82) is 0 Å². The predicted molar refractivity (Wildman–Crippen MR) is 123 cm³/mol. The van der Waals surface area contributed by atoms with E-state index in [1.54, 1.807) is 43.5 Å². The fourth-order valence-electron chi connectivity index (χ4n) is 2.70. The number of ether oxygens (including phenoxy) is 5. The Morgan fingerprint density at radius 3 is 2.33 bits per heavy atom. The van der Waals surface area contributed by atoms with Gasteiger partial charge in [-0.25, -0.2) is 4.79 Å². The molecule has 0 spiro atoms. The summed E-state index contributed by atoms with van der Waals surface area (Å²) in [5, 5.41) is 11.7. The summed E-state index contributed by atoms with van der Waals surface area (Å²) >= 11 is 0. The maximum absolute atomic E-state index is 12.1. The van der Waals surface area contributed by atoms with Gasteiger partial charge in [0, 0.05) is 13.2 Å². The number of hydrogen-bond donors (Lipinski definition) is 2. The monoisotopic (exact) mass is 457 g/mol. The summed E-state index contributed by atoms with van der Waals surface area (Å²) in [5.41, 5.74) is 0.984. The minimum absolute atomic E-state index is 0.00806. The van der Waals surface area contributed by atoms with Crippen LogP contribution in [0.4, 0.5) is 5.69 Å². The first kappa shape index (κ1) is 25.4. The Bertz CT molecular complexity index is 975. The lowest BCUT2D eigenvalue weighted by atomic mass is 10.1. The van der Waals surface area contributed by atoms with Crippen molar-refractivity contribution in [2.24, 2.45) is 0 Å². The summed E-state index contributed by atoms with van der Waals surface area (Å²) in [6, 6.07) is 9.68. The third kappa shape index (κ3) is 7.99. The standard InChI is InChI=1S/C24H27NO8/c1-29-12-13-32-16-33-23-20(30-2)14-17(15-21(23)31-3)8-4-7-11-22(26)25-19-10-6-5-9-18(19)24(27)28/h4-11,14-15H,12-13,16H2,1-3H3,(H,25,26)(H,27,28). The van der Waals surface area contributed by atoms with Gasteiger partial charge in [0.05, 0.1) is 38.7 Å². The van der Waals surface area contributed by atoms with Gasteiger partial charge >= 0.3 is 5.97 Å². The van der Waals surface area contributed by atoms with Crippen molar-refractivity contribution >= 4 is 23.6 Å². The number of carboxylic acid groups (broad SMARTS) is 1. The number of anilines is 1. The molecule has 0 atom stereocenters. The third-order valence-electron chi connectivity index (χ3n) is 4.26. The average molecular weight is 457 g/mol. The van der Waals surface area contributed by atoms with Gasteiger partial charge < -0.3 is 34.1 Å². The Morgan fingerprint density at radius 2 is 1.70 bits per heavy atom. The summed E-state index contributed by atoms with van der Waals surface area (Å²) in [4.78, 5) is 23.3. The molecule has 0 radical (unpaired) electrons. The Kier molecular flexibility index (Phi) is 10.5. The van der Waals surface area contributed by atoms with E-state index in [-0.39, 0.29) is 18.0 Å². The summed E-state index contributed by atoms with van der Waals surface area (Å²) in [7, 11) is 4.61. The number of rotatable bonds is 13. The van der Waals surface area contributed by atoms with Crippen LogP contribution in [-0.2, 0) is 14.3 Å². The van der Waals surface area contributed by atoms with Gasteiger partial charge in [-0.15, -0.1) is 0 Å². The minimum atomic E-state index is -1.12. The SMILES string of the molecule is COCCOCOc1c(OC)cc(C=CC=CC(=O)Nc2ccccc2C(=O)O)cc1OC. The van der Waals surface area contributed by atoms with Crippen molar-refractivity contribution in [3.63, 3.8) is 0 Å². The fourth-order valence-corrected chi connectivity index (χ4v) is 2.70. The third-order valence-corrected chi connectivity index (χ3v) is 4.26. The molecule has 33 heavy (non-hydrogen) atoms. The second-order valence-electron chi connectivity index (χ2n) is 6.48. The maximum atomic E-state index is 12.1. The van der Waals surface area contributed by atoms with Crippen LogP contribution in [-0.4, -0.2) is 58.3 Å². The van der Waals surface area contributed by atoms with Crippen LogP contribution in [0.5, 0.6) is 17.2 Å². The Labute approximate surface area is 192 Å². The normalized spacial score (nSPS) is 11.0. The second kappa shape index (κ2) is 13.6. The van der Waals surface area contributed by atoms with Crippen molar-refractivity contribution in [2.75, 3.05) is 46.7 Å². The van der Waals surface area contributed by atoms with Gasteiger partial charge in [-0.2, -0.15) is 0 Å². The van der Waals surface area contributed by atoms with Gasteiger partial charge in [-0.05, 0) is 29.8 Å². The molecule has 0 aromatic heterocycles. The highest BCUT2D eigenvalue weighted by Crippen LogP contribution is 2.39. The number of aromatic carboxylic acids is 1. The van der Waals surface area contributed by atoms with Gasteiger partial charge in [0.1, 0.15) is 0 Å². The van der Waals surface area contributed by atoms with Crippen LogP contribution in [0.25, 0.3) is 6.08 Å². The molecule has 9 nitrogen and oxygen atoms in total. The topological polar surface area (TPSA) is 113 Å². The molecule has 0 bridgehead atoms. The van der Waals surface area contributed by atoms with Gasteiger partial charge in [0.15, 0.2) is 18.3 Å². The number of amides is 1. The zero-order valence-electron chi connectivity index (χ0n) is 18.7. The maximum Gasteiger partial charge on any atom is 0.337 e. The zero-order chi connectivity index (χ0) is 24.1. The molecular weight excluding hydrogens is 430 g/mol. The van der Waals surface area contributed by atoms with E-state index in [0.717, 1.165) is 5.56 Å². The van der Waals surface area contributed by atoms with Crippen LogP contribution in [0, 0.1) is 0 Å². The lowest BCUT2D eigenvalue weighted by Crippen LogP contribution is -2.11. The number of carboxylic acids is 1. The van der Waals surface area contributed by atoms with E-state index >= 15 is 0 Å². The molecule has 0 aliphatic carbocycles. The molecule has 2 N–H and O–H groups in total. The van der Waals surface area contributed by atoms with E-state index in [1.165, 1.54) is 38.5 Å². The molecule has 0 unspecified atom stereocenters. The Balaban J connectivity index is 2.04. The molecule has 1 amide bonds. The van der Waals surface area contributed by atoms with Crippen molar-refractivity contribution in [1.82, 2.24) is 0 Å². The van der Waals surface area contributed by atoms with Crippen LogP contribution < -0.4 is 19.5 Å². The van der Waals surface area contributed by atoms with Crippen LogP contribution in [0.15, 0.2) is 54.6 Å². The summed E-state index contributed by atoms with van der Waals surface area (Å²) < 4.78 is 26.7. The van der Waals surface area contributed by atoms with E-state index in [2.05, 4.69) is 5.32 Å². The van der Waals surface area contributed by atoms with E-state index < -0.39 is 11.9 Å². The smallest absolute Gasteiger partial charge is 0.337 e. The molecule has 0 saturated heterocycles. The molecule has 176 valence electrons. The van der Waals surface area contributed by atoms with E-state index in [9.17, 15) is 14.7 Å². The molecular formula is C24H27NO8. The Hall–Kier alpha value is -3.82. The number of carbonyl (C=O) groups excluding carboxylic acids is 1. The minimum Gasteiger partial charge on any atom is -0.493 e. The molecule has 2 rings (SSSR count). The number of allylic oxidation sites excluding steroid dienone is 2. The average Bonchev–Trinajstić information content (AvgIpc) is 2.82. The largest absolute Gasteiger partial charge is 0.493 e. The lowest BCUT2D eigenvalue weighted by Gasteiger charge is -2.15. The van der Waals surface area contributed by atoms with E-state index in [1.807, 2.05) is 0 Å². The number of para-hydroxylation sites is 1. The van der Waals surface area contributed by atoms with Crippen molar-refractivity contribution < 1.29 is 38.4 Å². The first-order valence-corrected chi connectivity index (χ1v) is 9.93. The highest BCUT2D eigenvalue weighted by molar-refractivity contribution is 6.04. The van der Waals surface area contributed by atoms with E-state index in [4.69, 9.17) is 23.7 Å². The van der Waals surface area contributed by atoms with Gasteiger partial charge in [-0.1, -0.05) is 30.4 Å². The number of carbonyl (C=O) groups is 2. The number of hydrogen-bond acceptors (Lipinski definition) is 7. The predicted octanol–water partition coefficient (Wildman–Crippen LogP) is 3.61. The summed E-state index contributed by atoms with van der Waals surface area (Å²) in [6.07, 6.45) is 6.23. The molecule has 0 fully saturated rings. The highest BCUT2D eigenvalue weighted by atomic mass is 16.7. The molecule has 2 aromatic rings. The molecule has 0 aliphatic heterocycles. The number of benzene rings is 2. The summed E-state index contributed by atoms with van der Waals surface area (Å²) in [5.74, 6) is -0.262. The molecule has 2 aromatic carbocycles. The van der Waals surface area contributed by atoms with Crippen LogP contribution in [0.3, 0.4) is 0 Å². The van der Waals surface area contributed by atoms with Gasteiger partial charge in [0.25, 0.3) is 0 Å².